The summed E-state index contributed by atoms with van der Waals surface area (Å²) < 4.78 is 18.8. The van der Waals surface area contributed by atoms with Gasteiger partial charge in [0, 0.05) is 17.4 Å². The summed E-state index contributed by atoms with van der Waals surface area (Å²) in [6, 6.07) is 5.99. The highest BCUT2D eigenvalue weighted by Crippen LogP contribution is 2.25. The van der Waals surface area contributed by atoms with Crippen LogP contribution in [0.3, 0.4) is 0 Å². The van der Waals surface area contributed by atoms with E-state index in [-0.39, 0.29) is 11.4 Å². The second-order valence-electron chi connectivity index (χ2n) is 3.85. The molecule has 1 heterocycles. The van der Waals surface area contributed by atoms with Crippen LogP contribution in [0.5, 0.6) is 5.75 Å². The third kappa shape index (κ3) is 3.23. The van der Waals surface area contributed by atoms with Gasteiger partial charge < -0.3 is 15.6 Å². The molecule has 0 aliphatic rings. The highest BCUT2D eigenvalue weighted by Gasteiger charge is 2.14. The van der Waals surface area contributed by atoms with Crippen molar-refractivity contribution in [1.29, 1.82) is 0 Å². The second-order valence-corrected chi connectivity index (χ2v) is 4.89. The maximum atomic E-state index is 13.5. The molecule has 19 heavy (non-hydrogen) atoms. The zero-order valence-electron chi connectivity index (χ0n) is 9.93. The van der Waals surface area contributed by atoms with Crippen LogP contribution < -0.4 is 10.5 Å². The highest BCUT2D eigenvalue weighted by atomic mass is 32.1. The Kier molecular flexibility index (Phi) is 4.01. The van der Waals surface area contributed by atoms with Crippen molar-refractivity contribution in [3.8, 4) is 5.75 Å². The van der Waals surface area contributed by atoms with Gasteiger partial charge in [0.25, 0.3) is 0 Å². The molecule has 0 saturated carbocycles. The van der Waals surface area contributed by atoms with Crippen LogP contribution in [0.2, 0.25) is 0 Å². The lowest BCUT2D eigenvalue weighted by Crippen LogP contribution is -2.06. The number of anilines is 1. The van der Waals surface area contributed by atoms with Gasteiger partial charge in [-0.1, -0.05) is 6.07 Å². The number of halogens is 1. The van der Waals surface area contributed by atoms with E-state index in [1.165, 1.54) is 0 Å². The molecule has 0 aliphatic carbocycles. The summed E-state index contributed by atoms with van der Waals surface area (Å²) in [6.07, 6.45) is 0.694. The fraction of sp³-hybridized carbons (Fsp3) is 0.154. The van der Waals surface area contributed by atoms with Gasteiger partial charge in [-0.2, -0.15) is 0 Å². The van der Waals surface area contributed by atoms with E-state index in [0.717, 1.165) is 17.0 Å². The number of rotatable bonds is 5. The molecule has 0 amide bonds. The van der Waals surface area contributed by atoms with E-state index in [2.05, 4.69) is 0 Å². The number of carboxylic acids is 1. The van der Waals surface area contributed by atoms with Crippen LogP contribution >= 0.6 is 11.3 Å². The van der Waals surface area contributed by atoms with Gasteiger partial charge in [0.15, 0.2) is 0 Å². The molecule has 0 spiro atoms. The number of thiophene rings is 1. The lowest BCUT2D eigenvalue weighted by Gasteiger charge is -2.09. The Labute approximate surface area is 113 Å². The van der Waals surface area contributed by atoms with Crippen LogP contribution in [0.1, 0.15) is 15.2 Å². The maximum absolute atomic E-state index is 13.5. The van der Waals surface area contributed by atoms with Crippen molar-refractivity contribution in [3.05, 3.63) is 45.9 Å². The van der Waals surface area contributed by atoms with Crippen LogP contribution in [0, 0.1) is 5.82 Å². The molecule has 0 unspecified atom stereocenters. The van der Waals surface area contributed by atoms with Crippen LogP contribution in [-0.4, -0.2) is 17.7 Å². The van der Waals surface area contributed by atoms with E-state index in [1.807, 2.05) is 17.5 Å². The normalized spacial score (nSPS) is 10.4. The average Bonchev–Trinajstić information content (AvgIpc) is 2.85. The van der Waals surface area contributed by atoms with E-state index >= 15 is 0 Å². The maximum Gasteiger partial charge on any atom is 0.338 e. The van der Waals surface area contributed by atoms with Gasteiger partial charge in [-0.3, -0.25) is 0 Å². The molecule has 0 atom stereocenters. The Hall–Kier alpha value is -2.08. The molecule has 1 aromatic carbocycles. The van der Waals surface area contributed by atoms with Crippen LogP contribution in [0.25, 0.3) is 0 Å². The van der Waals surface area contributed by atoms with Gasteiger partial charge in [-0.15, -0.1) is 11.3 Å². The largest absolute Gasteiger partial charge is 0.491 e. The lowest BCUT2D eigenvalue weighted by atomic mass is 10.2. The highest BCUT2D eigenvalue weighted by molar-refractivity contribution is 7.09. The fourth-order valence-electron chi connectivity index (χ4n) is 1.58. The third-order valence-corrected chi connectivity index (χ3v) is 3.45. The summed E-state index contributed by atoms with van der Waals surface area (Å²) in [5.41, 5.74) is 5.30. The Balaban J connectivity index is 2.04. The Morgan fingerprint density at radius 3 is 2.89 bits per heavy atom. The SMILES string of the molecule is Nc1cc(C(=O)O)c(F)cc1OCCc1cccs1. The number of hydrogen-bond acceptors (Lipinski definition) is 4. The monoisotopic (exact) mass is 281 g/mol. The lowest BCUT2D eigenvalue weighted by molar-refractivity contribution is 0.0692. The minimum atomic E-state index is -1.35. The van der Waals surface area contributed by atoms with Crippen LogP contribution in [-0.2, 0) is 6.42 Å². The summed E-state index contributed by atoms with van der Waals surface area (Å²) >= 11 is 1.61. The Bertz CT molecular complexity index is 584. The second kappa shape index (κ2) is 5.71. The number of aromatic carboxylic acids is 1. The van der Waals surface area contributed by atoms with Gasteiger partial charge in [-0.25, -0.2) is 9.18 Å². The molecule has 3 N–H and O–H groups in total. The molecule has 2 aromatic rings. The molecule has 100 valence electrons. The number of carboxylic acid groups (broad SMARTS) is 1. The zero-order chi connectivity index (χ0) is 13.8. The topological polar surface area (TPSA) is 72.6 Å². The summed E-state index contributed by atoms with van der Waals surface area (Å²) in [4.78, 5) is 11.9. The Morgan fingerprint density at radius 1 is 1.47 bits per heavy atom. The van der Waals surface area contributed by atoms with Crippen molar-refractivity contribution in [2.75, 3.05) is 12.3 Å². The number of ether oxygens (including phenoxy) is 1. The van der Waals surface area contributed by atoms with Gasteiger partial charge in [0.1, 0.15) is 11.6 Å². The summed E-state index contributed by atoms with van der Waals surface area (Å²) in [7, 11) is 0. The van der Waals surface area contributed by atoms with Crippen molar-refractivity contribution in [2.45, 2.75) is 6.42 Å². The molecular formula is C13H12FNO3S. The first-order chi connectivity index (χ1) is 9.08. The number of benzene rings is 1. The minimum absolute atomic E-state index is 0.116. The van der Waals surface area contributed by atoms with E-state index in [1.54, 1.807) is 11.3 Å². The smallest absolute Gasteiger partial charge is 0.338 e. The average molecular weight is 281 g/mol. The molecule has 0 bridgehead atoms. The Morgan fingerprint density at radius 2 is 2.26 bits per heavy atom. The summed E-state index contributed by atoms with van der Waals surface area (Å²) in [5, 5.41) is 10.7. The first-order valence-corrected chi connectivity index (χ1v) is 6.43. The van der Waals surface area contributed by atoms with Gasteiger partial charge in [0.2, 0.25) is 0 Å². The predicted octanol–water partition coefficient (Wildman–Crippen LogP) is 2.79. The van der Waals surface area contributed by atoms with Gasteiger partial charge in [-0.05, 0) is 17.5 Å². The zero-order valence-corrected chi connectivity index (χ0v) is 10.7. The molecular weight excluding hydrogens is 269 g/mol. The van der Waals surface area contributed by atoms with Gasteiger partial charge >= 0.3 is 5.97 Å². The first kappa shape index (κ1) is 13.4. The van der Waals surface area contributed by atoms with Crippen molar-refractivity contribution in [1.82, 2.24) is 0 Å². The number of nitrogen functional groups attached to an aromatic ring is 1. The molecule has 0 fully saturated rings. The van der Waals surface area contributed by atoms with E-state index < -0.39 is 17.3 Å². The first-order valence-electron chi connectivity index (χ1n) is 5.55. The fourth-order valence-corrected chi connectivity index (χ4v) is 2.27. The van der Waals surface area contributed by atoms with E-state index in [0.29, 0.717) is 13.0 Å². The minimum Gasteiger partial charge on any atom is -0.491 e. The molecule has 2 rings (SSSR count). The van der Waals surface area contributed by atoms with E-state index in [9.17, 15) is 9.18 Å². The third-order valence-electron chi connectivity index (χ3n) is 2.52. The van der Waals surface area contributed by atoms with Gasteiger partial charge in [0.05, 0.1) is 17.9 Å². The molecule has 0 saturated heterocycles. The summed E-state index contributed by atoms with van der Waals surface area (Å²) in [6.45, 7) is 0.358. The van der Waals surface area contributed by atoms with E-state index in [4.69, 9.17) is 15.6 Å². The number of hydrogen-bond donors (Lipinski definition) is 2. The standard InChI is InChI=1S/C13H12FNO3S/c14-10-7-12(11(15)6-9(10)13(16)17)18-4-3-8-2-1-5-19-8/h1-2,5-7H,3-4,15H2,(H,16,17). The number of nitrogens with two attached hydrogens (primary N) is 1. The molecule has 1 aromatic heterocycles. The predicted molar refractivity (Wildman–Crippen MR) is 71.3 cm³/mol. The molecule has 4 nitrogen and oxygen atoms in total. The van der Waals surface area contributed by atoms with Crippen molar-refractivity contribution < 1.29 is 19.0 Å². The number of carbonyl (C=O) groups is 1. The molecule has 0 aliphatic heterocycles. The van der Waals surface area contributed by atoms with Crippen LogP contribution in [0.15, 0.2) is 29.6 Å². The van der Waals surface area contributed by atoms with Crippen molar-refractivity contribution >= 4 is 23.0 Å². The van der Waals surface area contributed by atoms with Crippen molar-refractivity contribution in [3.63, 3.8) is 0 Å². The van der Waals surface area contributed by atoms with Crippen molar-refractivity contribution in [2.24, 2.45) is 0 Å². The quantitative estimate of drug-likeness (QED) is 0.827. The summed E-state index contributed by atoms with van der Waals surface area (Å²) in [5.74, 6) is -2.04. The van der Waals surface area contributed by atoms with Crippen LogP contribution in [0.4, 0.5) is 10.1 Å². The molecule has 0 radical (unpaired) electrons. The molecule has 6 heteroatoms.